The molecule has 1 saturated carbocycles. The third-order valence-corrected chi connectivity index (χ3v) is 4.55. The van der Waals surface area contributed by atoms with Crippen LogP contribution in [-0.2, 0) is 0 Å². The quantitative estimate of drug-likeness (QED) is 0.697. The van der Waals surface area contributed by atoms with Gasteiger partial charge >= 0.3 is 0 Å². The summed E-state index contributed by atoms with van der Waals surface area (Å²) in [6.07, 6.45) is 7.21. The molecule has 1 N–H and O–H groups in total. The van der Waals surface area contributed by atoms with Gasteiger partial charge in [0.15, 0.2) is 0 Å². The fraction of sp³-hybridized carbons (Fsp3) is 1.00. The van der Waals surface area contributed by atoms with E-state index in [1.807, 2.05) is 0 Å². The fourth-order valence-electron chi connectivity index (χ4n) is 4.01. The van der Waals surface area contributed by atoms with E-state index in [4.69, 9.17) is 0 Å². The van der Waals surface area contributed by atoms with E-state index >= 15 is 0 Å². The Bertz CT molecular complexity index is 192. The molecular weight excluding hydrogens is 182 g/mol. The minimum Gasteiger partial charge on any atom is -0.313 e. The highest BCUT2D eigenvalue weighted by Crippen LogP contribution is 2.37. The van der Waals surface area contributed by atoms with E-state index in [0.29, 0.717) is 0 Å². The van der Waals surface area contributed by atoms with E-state index in [-0.39, 0.29) is 0 Å². The fourth-order valence-corrected chi connectivity index (χ4v) is 4.01. The number of nitrogens with one attached hydrogen (secondary N) is 1. The van der Waals surface area contributed by atoms with E-state index in [0.717, 1.165) is 29.7 Å². The summed E-state index contributed by atoms with van der Waals surface area (Å²) < 4.78 is 0. The number of rotatable bonds is 1. The molecule has 1 saturated heterocycles. The van der Waals surface area contributed by atoms with Crippen LogP contribution in [0.4, 0.5) is 0 Å². The van der Waals surface area contributed by atoms with Gasteiger partial charge in [-0.2, -0.15) is 0 Å². The van der Waals surface area contributed by atoms with Crippen LogP contribution in [0.3, 0.4) is 0 Å². The van der Waals surface area contributed by atoms with Gasteiger partial charge in [-0.05, 0) is 62.3 Å². The average molecular weight is 209 g/mol. The van der Waals surface area contributed by atoms with Crippen LogP contribution in [0.5, 0.6) is 0 Å². The Balaban J connectivity index is 1.95. The topological polar surface area (TPSA) is 12.0 Å². The first kappa shape index (κ1) is 11.4. The first-order chi connectivity index (χ1) is 7.16. The zero-order valence-electron chi connectivity index (χ0n) is 10.6. The molecule has 4 unspecified atom stereocenters. The SMILES string of the molecule is CC1CC(C)CC(C2NCCCC2C)C1. The van der Waals surface area contributed by atoms with Gasteiger partial charge < -0.3 is 5.32 Å². The molecule has 0 spiro atoms. The summed E-state index contributed by atoms with van der Waals surface area (Å²) in [6.45, 7) is 8.58. The molecule has 88 valence electrons. The van der Waals surface area contributed by atoms with Crippen LogP contribution >= 0.6 is 0 Å². The number of piperidine rings is 1. The zero-order valence-corrected chi connectivity index (χ0v) is 10.6. The number of hydrogen-bond acceptors (Lipinski definition) is 1. The maximum Gasteiger partial charge on any atom is 0.0121 e. The van der Waals surface area contributed by atoms with Gasteiger partial charge in [-0.1, -0.05) is 20.8 Å². The summed E-state index contributed by atoms with van der Waals surface area (Å²) in [7, 11) is 0. The van der Waals surface area contributed by atoms with E-state index in [9.17, 15) is 0 Å². The average Bonchev–Trinajstić information content (AvgIpc) is 2.16. The van der Waals surface area contributed by atoms with Crippen molar-refractivity contribution in [3.63, 3.8) is 0 Å². The van der Waals surface area contributed by atoms with Crippen LogP contribution in [0.15, 0.2) is 0 Å². The summed E-state index contributed by atoms with van der Waals surface area (Å²) in [5, 5.41) is 3.78. The Morgan fingerprint density at radius 2 is 1.60 bits per heavy atom. The van der Waals surface area contributed by atoms with Crippen LogP contribution < -0.4 is 5.32 Å². The molecule has 0 amide bonds. The highest BCUT2D eigenvalue weighted by atomic mass is 14.9. The standard InChI is InChI=1S/C14H27N/c1-10-7-11(2)9-13(8-10)14-12(3)5-4-6-15-14/h10-15H,4-9H2,1-3H3. The first-order valence-corrected chi connectivity index (χ1v) is 6.90. The van der Waals surface area contributed by atoms with Crippen molar-refractivity contribution in [2.45, 2.75) is 58.9 Å². The van der Waals surface area contributed by atoms with Gasteiger partial charge in [0.1, 0.15) is 0 Å². The minimum absolute atomic E-state index is 0.823. The van der Waals surface area contributed by atoms with E-state index in [1.54, 1.807) is 0 Å². The van der Waals surface area contributed by atoms with Gasteiger partial charge in [0.05, 0.1) is 0 Å². The van der Waals surface area contributed by atoms with Crippen LogP contribution in [-0.4, -0.2) is 12.6 Å². The molecule has 0 bridgehead atoms. The van der Waals surface area contributed by atoms with Crippen molar-refractivity contribution in [3.05, 3.63) is 0 Å². The van der Waals surface area contributed by atoms with Gasteiger partial charge in [-0.15, -0.1) is 0 Å². The zero-order chi connectivity index (χ0) is 10.8. The lowest BCUT2D eigenvalue weighted by Gasteiger charge is -2.41. The van der Waals surface area contributed by atoms with Crippen molar-refractivity contribution in [2.75, 3.05) is 6.54 Å². The molecule has 2 aliphatic rings. The third kappa shape index (κ3) is 2.75. The maximum absolute atomic E-state index is 3.78. The molecule has 4 atom stereocenters. The molecule has 0 aromatic rings. The summed E-state index contributed by atoms with van der Waals surface area (Å²) in [5.41, 5.74) is 0. The van der Waals surface area contributed by atoms with Crippen LogP contribution in [0.1, 0.15) is 52.9 Å². The Labute approximate surface area is 95.0 Å². The highest BCUT2D eigenvalue weighted by Gasteiger charge is 2.33. The molecule has 0 radical (unpaired) electrons. The van der Waals surface area contributed by atoms with Gasteiger partial charge in [-0.25, -0.2) is 0 Å². The molecule has 2 rings (SSSR count). The van der Waals surface area contributed by atoms with Crippen molar-refractivity contribution in [2.24, 2.45) is 23.7 Å². The highest BCUT2D eigenvalue weighted by molar-refractivity contribution is 4.88. The Morgan fingerprint density at radius 1 is 0.933 bits per heavy atom. The van der Waals surface area contributed by atoms with E-state index in [2.05, 4.69) is 26.1 Å². The van der Waals surface area contributed by atoms with Crippen molar-refractivity contribution in [3.8, 4) is 0 Å². The number of hydrogen-bond donors (Lipinski definition) is 1. The predicted octanol–water partition coefficient (Wildman–Crippen LogP) is 3.45. The van der Waals surface area contributed by atoms with Crippen LogP contribution in [0.25, 0.3) is 0 Å². The molecular formula is C14H27N. The third-order valence-electron chi connectivity index (χ3n) is 4.55. The molecule has 0 aromatic heterocycles. The van der Waals surface area contributed by atoms with Crippen LogP contribution in [0, 0.1) is 23.7 Å². The Kier molecular flexibility index (Phi) is 3.71. The van der Waals surface area contributed by atoms with Crippen molar-refractivity contribution < 1.29 is 0 Å². The summed E-state index contributed by atoms with van der Waals surface area (Å²) in [4.78, 5) is 0. The van der Waals surface area contributed by atoms with E-state index in [1.165, 1.54) is 38.6 Å². The van der Waals surface area contributed by atoms with Gasteiger partial charge in [0.25, 0.3) is 0 Å². The van der Waals surface area contributed by atoms with Crippen molar-refractivity contribution >= 4 is 0 Å². The van der Waals surface area contributed by atoms with Crippen molar-refractivity contribution in [1.29, 1.82) is 0 Å². The lowest BCUT2D eigenvalue weighted by atomic mass is 9.70. The molecule has 1 heteroatoms. The molecule has 0 aromatic carbocycles. The molecule has 2 fully saturated rings. The van der Waals surface area contributed by atoms with Gasteiger partial charge in [0, 0.05) is 6.04 Å². The Hall–Kier alpha value is -0.0400. The molecule has 1 aliphatic carbocycles. The predicted molar refractivity (Wildman–Crippen MR) is 65.9 cm³/mol. The lowest BCUT2D eigenvalue weighted by molar-refractivity contribution is 0.130. The summed E-state index contributed by atoms with van der Waals surface area (Å²) in [5.74, 6) is 3.77. The largest absolute Gasteiger partial charge is 0.313 e. The van der Waals surface area contributed by atoms with Gasteiger partial charge in [-0.3, -0.25) is 0 Å². The lowest BCUT2D eigenvalue weighted by Crippen LogP contribution is -2.47. The maximum atomic E-state index is 3.78. The molecule has 15 heavy (non-hydrogen) atoms. The van der Waals surface area contributed by atoms with Gasteiger partial charge in [0.2, 0.25) is 0 Å². The van der Waals surface area contributed by atoms with Crippen LogP contribution in [0.2, 0.25) is 0 Å². The second-order valence-corrected chi connectivity index (χ2v) is 6.28. The summed E-state index contributed by atoms with van der Waals surface area (Å²) >= 11 is 0. The molecule has 1 heterocycles. The Morgan fingerprint density at radius 3 is 2.20 bits per heavy atom. The van der Waals surface area contributed by atoms with E-state index < -0.39 is 0 Å². The normalized spacial score (nSPS) is 47.8. The summed E-state index contributed by atoms with van der Waals surface area (Å²) in [6, 6.07) is 0.823. The second-order valence-electron chi connectivity index (χ2n) is 6.28. The smallest absolute Gasteiger partial charge is 0.0121 e. The first-order valence-electron chi connectivity index (χ1n) is 6.90. The minimum atomic E-state index is 0.823. The van der Waals surface area contributed by atoms with Crippen molar-refractivity contribution in [1.82, 2.24) is 5.32 Å². The monoisotopic (exact) mass is 209 g/mol. The second kappa shape index (κ2) is 4.86. The molecule has 1 aliphatic heterocycles. The molecule has 1 nitrogen and oxygen atoms in total.